The van der Waals surface area contributed by atoms with Crippen molar-refractivity contribution < 1.29 is 0 Å². The molecule has 0 N–H and O–H groups in total. The van der Waals surface area contributed by atoms with Crippen molar-refractivity contribution in [2.75, 3.05) is 23.0 Å². The van der Waals surface area contributed by atoms with Crippen LogP contribution in [0.2, 0.25) is 0 Å². The summed E-state index contributed by atoms with van der Waals surface area (Å²) in [6.45, 7) is 10.7. The van der Waals surface area contributed by atoms with Crippen LogP contribution >= 0.6 is 0 Å². The van der Waals surface area contributed by atoms with E-state index in [4.69, 9.17) is 5.10 Å². The topological polar surface area (TPSA) is 18.8 Å². The van der Waals surface area contributed by atoms with Gasteiger partial charge in [-0.2, -0.15) is 5.10 Å². The van der Waals surface area contributed by atoms with Crippen LogP contribution in [0.25, 0.3) is 0 Å². The van der Waals surface area contributed by atoms with Crippen LogP contribution in [-0.2, 0) is 12.8 Å². The number of hydrogen-bond acceptors (Lipinski definition) is 3. The van der Waals surface area contributed by atoms with E-state index in [0.29, 0.717) is 0 Å². The summed E-state index contributed by atoms with van der Waals surface area (Å²) < 4.78 is 0. The molecule has 0 aromatic heterocycles. The minimum absolute atomic E-state index is 1.01. The Kier molecular flexibility index (Phi) is 7.67. The van der Waals surface area contributed by atoms with Crippen LogP contribution in [-0.4, -0.2) is 19.3 Å². The number of hydrazone groups is 1. The first-order valence-electron chi connectivity index (χ1n) is 11.0. The van der Waals surface area contributed by atoms with E-state index in [1.165, 1.54) is 16.8 Å². The van der Waals surface area contributed by atoms with Gasteiger partial charge < -0.3 is 4.90 Å². The van der Waals surface area contributed by atoms with E-state index >= 15 is 0 Å². The van der Waals surface area contributed by atoms with Crippen LogP contribution in [0.5, 0.6) is 0 Å². The molecule has 0 fully saturated rings. The van der Waals surface area contributed by atoms with Gasteiger partial charge in [-0.1, -0.05) is 50.2 Å². The minimum atomic E-state index is 1.01. The molecule has 0 aliphatic heterocycles. The zero-order valence-electron chi connectivity index (χ0n) is 18.7. The van der Waals surface area contributed by atoms with Crippen LogP contribution in [0.4, 0.5) is 17.1 Å². The Morgan fingerprint density at radius 3 is 1.43 bits per heavy atom. The van der Waals surface area contributed by atoms with E-state index in [9.17, 15) is 0 Å². The number of hydrogen-bond donors (Lipinski definition) is 0. The summed E-state index contributed by atoms with van der Waals surface area (Å²) in [6.07, 6.45) is 4.01. The maximum Gasteiger partial charge on any atom is 0.0652 e. The normalized spacial score (nSPS) is 11.1. The van der Waals surface area contributed by atoms with E-state index in [1.807, 2.05) is 11.2 Å². The quantitative estimate of drug-likeness (QED) is 0.290. The number of anilines is 3. The lowest BCUT2D eigenvalue weighted by Gasteiger charge is -2.21. The summed E-state index contributed by atoms with van der Waals surface area (Å²) in [5, 5.41) is 6.87. The van der Waals surface area contributed by atoms with Crippen molar-refractivity contribution in [1.29, 1.82) is 0 Å². The Hall–Kier alpha value is -3.07. The van der Waals surface area contributed by atoms with Gasteiger partial charge >= 0.3 is 0 Å². The van der Waals surface area contributed by atoms with E-state index in [1.54, 1.807) is 0 Å². The van der Waals surface area contributed by atoms with Gasteiger partial charge in [0.05, 0.1) is 17.6 Å². The van der Waals surface area contributed by atoms with Gasteiger partial charge in [-0.05, 0) is 79.8 Å². The van der Waals surface area contributed by atoms with Crippen molar-refractivity contribution >= 4 is 23.3 Å². The van der Waals surface area contributed by atoms with Crippen molar-refractivity contribution in [2.45, 2.75) is 40.5 Å². The molecule has 30 heavy (non-hydrogen) atoms. The average molecular weight is 400 g/mol. The zero-order valence-corrected chi connectivity index (χ0v) is 18.7. The first kappa shape index (κ1) is 21.6. The fourth-order valence-electron chi connectivity index (χ4n) is 3.51. The molecular weight excluding hydrogens is 366 g/mol. The Morgan fingerprint density at radius 1 is 0.600 bits per heavy atom. The SMILES string of the molecule is CCc1ccc(N(/N=C\c2ccc(N(CC)CC)cc2)c2ccc(CC)cc2)cc1. The summed E-state index contributed by atoms with van der Waals surface area (Å²) in [5.41, 5.74) is 7.12. The van der Waals surface area contributed by atoms with E-state index in [0.717, 1.165) is 42.9 Å². The first-order chi connectivity index (χ1) is 14.7. The molecule has 3 aromatic rings. The number of rotatable bonds is 9. The highest BCUT2D eigenvalue weighted by Crippen LogP contribution is 2.27. The Balaban J connectivity index is 1.89. The molecule has 0 unspecified atom stereocenters. The molecule has 0 spiro atoms. The van der Waals surface area contributed by atoms with E-state index in [-0.39, 0.29) is 0 Å². The molecule has 0 radical (unpaired) electrons. The van der Waals surface area contributed by atoms with Crippen molar-refractivity contribution in [3.8, 4) is 0 Å². The third-order valence-corrected chi connectivity index (χ3v) is 5.52. The largest absolute Gasteiger partial charge is 0.372 e. The van der Waals surface area contributed by atoms with E-state index in [2.05, 4.69) is 105 Å². The van der Waals surface area contributed by atoms with Gasteiger partial charge in [0, 0.05) is 18.8 Å². The predicted molar refractivity (Wildman–Crippen MR) is 131 cm³/mol. The molecule has 0 atom stereocenters. The van der Waals surface area contributed by atoms with E-state index < -0.39 is 0 Å². The van der Waals surface area contributed by atoms with Crippen LogP contribution in [0, 0.1) is 0 Å². The number of benzene rings is 3. The molecule has 3 heteroatoms. The third kappa shape index (κ3) is 5.29. The molecule has 0 saturated heterocycles. The second-order valence-corrected chi connectivity index (χ2v) is 7.36. The molecule has 0 saturated carbocycles. The molecule has 3 aromatic carbocycles. The molecule has 0 amide bonds. The standard InChI is InChI=1S/C27H33N3/c1-5-22-9-17-26(18-10-22)30(27-19-11-23(6-2)12-20-27)28-21-24-13-15-25(16-14-24)29(7-3)8-4/h9-21H,5-8H2,1-4H3/b28-21-. The Labute approximate surface area is 181 Å². The molecule has 0 aliphatic rings. The summed E-state index contributed by atoms with van der Waals surface area (Å²) in [7, 11) is 0. The minimum Gasteiger partial charge on any atom is -0.372 e. The molecule has 0 heterocycles. The fourth-order valence-corrected chi connectivity index (χ4v) is 3.51. The van der Waals surface area contributed by atoms with Crippen LogP contribution < -0.4 is 9.91 Å². The van der Waals surface area contributed by atoms with Gasteiger partial charge in [-0.25, -0.2) is 5.01 Å². The van der Waals surface area contributed by atoms with Gasteiger partial charge in [-0.3, -0.25) is 0 Å². The summed E-state index contributed by atoms with van der Waals surface area (Å²) in [6, 6.07) is 25.9. The monoisotopic (exact) mass is 399 g/mol. The number of aryl methyl sites for hydroxylation is 2. The number of nitrogens with zero attached hydrogens (tertiary/aromatic N) is 3. The van der Waals surface area contributed by atoms with Crippen LogP contribution in [0.1, 0.15) is 44.4 Å². The molecule has 0 aliphatic carbocycles. The predicted octanol–water partition coefficient (Wildman–Crippen LogP) is 6.83. The van der Waals surface area contributed by atoms with Gasteiger partial charge in [0.25, 0.3) is 0 Å². The average Bonchev–Trinajstić information content (AvgIpc) is 2.81. The smallest absolute Gasteiger partial charge is 0.0652 e. The Bertz CT molecular complexity index is 874. The Morgan fingerprint density at radius 2 is 1.03 bits per heavy atom. The maximum absolute atomic E-state index is 4.86. The molecule has 156 valence electrons. The lowest BCUT2D eigenvalue weighted by molar-refractivity contribution is 0.866. The summed E-state index contributed by atoms with van der Waals surface area (Å²) in [4.78, 5) is 2.35. The first-order valence-corrected chi connectivity index (χ1v) is 11.0. The summed E-state index contributed by atoms with van der Waals surface area (Å²) >= 11 is 0. The van der Waals surface area contributed by atoms with Crippen LogP contribution in [0.3, 0.4) is 0 Å². The molecule has 0 bridgehead atoms. The van der Waals surface area contributed by atoms with Gasteiger partial charge in [0.15, 0.2) is 0 Å². The molecule has 3 nitrogen and oxygen atoms in total. The van der Waals surface area contributed by atoms with Gasteiger partial charge in [0.1, 0.15) is 0 Å². The van der Waals surface area contributed by atoms with Crippen molar-refractivity contribution in [3.63, 3.8) is 0 Å². The highest BCUT2D eigenvalue weighted by Gasteiger charge is 2.08. The van der Waals surface area contributed by atoms with Crippen LogP contribution in [0.15, 0.2) is 77.9 Å². The lowest BCUT2D eigenvalue weighted by atomic mass is 10.1. The highest BCUT2D eigenvalue weighted by atomic mass is 15.5. The fraction of sp³-hybridized carbons (Fsp3) is 0.296. The highest BCUT2D eigenvalue weighted by molar-refractivity contribution is 5.82. The third-order valence-electron chi connectivity index (χ3n) is 5.52. The zero-order chi connectivity index (χ0) is 21.3. The van der Waals surface area contributed by atoms with Crippen molar-refractivity contribution in [1.82, 2.24) is 0 Å². The summed E-state index contributed by atoms with van der Waals surface area (Å²) in [5.74, 6) is 0. The maximum atomic E-state index is 4.86. The molecule has 3 rings (SSSR count). The lowest BCUT2D eigenvalue weighted by Crippen LogP contribution is -2.21. The molecular formula is C27H33N3. The second-order valence-electron chi connectivity index (χ2n) is 7.36. The van der Waals surface area contributed by atoms with Gasteiger partial charge in [0.2, 0.25) is 0 Å². The second kappa shape index (κ2) is 10.6. The van der Waals surface area contributed by atoms with Crippen molar-refractivity contribution in [3.05, 3.63) is 89.5 Å². The van der Waals surface area contributed by atoms with Crippen molar-refractivity contribution in [2.24, 2.45) is 5.10 Å². The van der Waals surface area contributed by atoms with Gasteiger partial charge in [-0.15, -0.1) is 0 Å².